The summed E-state index contributed by atoms with van der Waals surface area (Å²) in [7, 11) is 1.81. The largest absolute Gasteiger partial charge is 0.389 e. The number of urea groups is 1. The molecule has 1 heterocycles. The third-order valence-corrected chi connectivity index (χ3v) is 7.62. The number of amides is 3. The van der Waals surface area contributed by atoms with Crippen molar-refractivity contribution < 1.29 is 14.7 Å². The van der Waals surface area contributed by atoms with Crippen molar-refractivity contribution in [1.82, 2.24) is 4.90 Å². The van der Waals surface area contributed by atoms with E-state index < -0.39 is 6.10 Å². The van der Waals surface area contributed by atoms with Gasteiger partial charge >= 0.3 is 6.03 Å². The fourth-order valence-electron chi connectivity index (χ4n) is 4.59. The minimum absolute atomic E-state index is 0.0963. The Morgan fingerprint density at radius 1 is 0.974 bits per heavy atom. The zero-order valence-electron chi connectivity index (χ0n) is 22.2. The van der Waals surface area contributed by atoms with Crippen molar-refractivity contribution in [3.63, 3.8) is 0 Å². The molecule has 1 atom stereocenters. The van der Waals surface area contributed by atoms with Gasteiger partial charge < -0.3 is 25.1 Å². The number of aryl methyl sites for hydroxylation is 1. The molecule has 0 aromatic heterocycles. The fraction of sp³-hybridized carbons (Fsp3) is 0.333. The molecule has 0 bridgehead atoms. The normalized spacial score (nSPS) is 14.2. The zero-order chi connectivity index (χ0) is 27.9. The summed E-state index contributed by atoms with van der Waals surface area (Å²) in [6.45, 7) is 4.04. The van der Waals surface area contributed by atoms with Crippen molar-refractivity contribution in [3.05, 3.63) is 87.9 Å². The number of anilines is 3. The summed E-state index contributed by atoms with van der Waals surface area (Å²) in [4.78, 5) is 31.2. The van der Waals surface area contributed by atoms with Crippen LogP contribution in [0.2, 0.25) is 10.0 Å². The summed E-state index contributed by atoms with van der Waals surface area (Å²) in [6, 6.07) is 21.1. The highest BCUT2D eigenvalue weighted by Gasteiger charge is 2.23. The maximum Gasteiger partial charge on any atom is 0.322 e. The number of hydrogen-bond acceptors (Lipinski definition) is 4. The Balaban J connectivity index is 1.26. The van der Waals surface area contributed by atoms with Gasteiger partial charge in [0, 0.05) is 51.0 Å². The number of carbonyl (C=O) groups excluding carboxylic acids is 2. The van der Waals surface area contributed by atoms with Gasteiger partial charge in [0.25, 0.3) is 0 Å². The Morgan fingerprint density at radius 3 is 2.18 bits per heavy atom. The predicted octanol–water partition coefficient (Wildman–Crippen LogP) is 6.39. The van der Waals surface area contributed by atoms with Crippen molar-refractivity contribution in [3.8, 4) is 0 Å². The van der Waals surface area contributed by atoms with Gasteiger partial charge in [0.05, 0.1) is 21.8 Å². The molecule has 3 aromatic carbocycles. The molecular formula is C30H34Cl2N4O3. The first-order valence-electron chi connectivity index (χ1n) is 13.1. The molecule has 206 valence electrons. The molecule has 1 saturated heterocycles. The first kappa shape index (κ1) is 28.7. The van der Waals surface area contributed by atoms with Crippen molar-refractivity contribution >= 4 is 52.2 Å². The van der Waals surface area contributed by atoms with Gasteiger partial charge in [-0.25, -0.2) is 4.79 Å². The Hall–Kier alpha value is -3.26. The molecule has 4 rings (SSSR count). The van der Waals surface area contributed by atoms with E-state index in [1.165, 1.54) is 5.56 Å². The summed E-state index contributed by atoms with van der Waals surface area (Å²) in [6.07, 6.45) is 1.49. The van der Waals surface area contributed by atoms with Gasteiger partial charge in [0.15, 0.2) is 0 Å². The lowest BCUT2D eigenvalue weighted by molar-refractivity contribution is -0.118. The predicted molar refractivity (Wildman–Crippen MR) is 159 cm³/mol. The Morgan fingerprint density at radius 2 is 1.59 bits per heavy atom. The SMILES string of the molecule is CC(O)c1cc(Cl)c(NC(=O)N2CCN(c3ccc(N(C)C(=O)CCCc4ccccc4)cc3)CC2)c(Cl)c1. The minimum atomic E-state index is -0.710. The molecule has 2 N–H and O–H groups in total. The molecule has 1 aliphatic heterocycles. The van der Waals surface area contributed by atoms with Crippen LogP contribution in [0.25, 0.3) is 0 Å². The van der Waals surface area contributed by atoms with Gasteiger partial charge in [-0.2, -0.15) is 0 Å². The standard InChI is InChI=1S/C30H34Cl2N4O3/c1-21(37)23-19-26(31)29(27(32)20-23)33-30(39)36-17-15-35(16-18-36)25-13-11-24(12-14-25)34(2)28(38)10-6-9-22-7-4-3-5-8-22/h3-5,7-8,11-14,19-21,37H,6,9-10,15-18H2,1-2H3,(H,33,39). The highest BCUT2D eigenvalue weighted by molar-refractivity contribution is 6.39. The van der Waals surface area contributed by atoms with E-state index in [-0.39, 0.29) is 22.0 Å². The lowest BCUT2D eigenvalue weighted by Crippen LogP contribution is -2.50. The number of aliphatic hydroxyl groups is 1. The molecule has 1 fully saturated rings. The quantitative estimate of drug-likeness (QED) is 0.330. The first-order chi connectivity index (χ1) is 18.7. The van der Waals surface area contributed by atoms with E-state index in [1.807, 2.05) is 49.5 Å². The van der Waals surface area contributed by atoms with Crippen LogP contribution in [0.1, 0.15) is 37.0 Å². The van der Waals surface area contributed by atoms with Crippen LogP contribution >= 0.6 is 23.2 Å². The third-order valence-electron chi connectivity index (χ3n) is 7.02. The highest BCUT2D eigenvalue weighted by atomic mass is 35.5. The molecule has 7 nitrogen and oxygen atoms in total. The number of nitrogens with zero attached hydrogens (tertiary/aromatic N) is 3. The number of carbonyl (C=O) groups is 2. The van der Waals surface area contributed by atoms with Crippen LogP contribution in [0.5, 0.6) is 0 Å². The van der Waals surface area contributed by atoms with Gasteiger partial charge in [-0.15, -0.1) is 0 Å². The Kier molecular flexibility index (Phi) is 9.73. The monoisotopic (exact) mass is 568 g/mol. The average molecular weight is 570 g/mol. The van der Waals surface area contributed by atoms with E-state index in [0.29, 0.717) is 43.9 Å². The van der Waals surface area contributed by atoms with Gasteiger partial charge in [-0.05, 0) is 67.3 Å². The average Bonchev–Trinajstić information content (AvgIpc) is 2.95. The van der Waals surface area contributed by atoms with Crippen LogP contribution in [0.3, 0.4) is 0 Å². The topological polar surface area (TPSA) is 76.1 Å². The summed E-state index contributed by atoms with van der Waals surface area (Å²) < 4.78 is 0. The molecular weight excluding hydrogens is 535 g/mol. The lowest BCUT2D eigenvalue weighted by atomic mass is 10.1. The van der Waals surface area contributed by atoms with Crippen LogP contribution in [-0.2, 0) is 11.2 Å². The van der Waals surface area contributed by atoms with Crippen LogP contribution < -0.4 is 15.1 Å². The summed E-state index contributed by atoms with van der Waals surface area (Å²) in [5.41, 5.74) is 4.07. The Bertz CT molecular complexity index is 1250. The smallest absolute Gasteiger partial charge is 0.322 e. The van der Waals surface area contributed by atoms with Crippen molar-refractivity contribution in [2.75, 3.05) is 48.3 Å². The zero-order valence-corrected chi connectivity index (χ0v) is 23.8. The van der Waals surface area contributed by atoms with E-state index in [4.69, 9.17) is 23.2 Å². The number of hydrogen-bond donors (Lipinski definition) is 2. The fourth-order valence-corrected chi connectivity index (χ4v) is 5.19. The van der Waals surface area contributed by atoms with Crippen LogP contribution in [0.4, 0.5) is 21.9 Å². The molecule has 0 saturated carbocycles. The molecule has 1 aliphatic rings. The first-order valence-corrected chi connectivity index (χ1v) is 13.9. The molecule has 0 spiro atoms. The number of rotatable bonds is 8. The van der Waals surface area contributed by atoms with E-state index in [2.05, 4.69) is 22.3 Å². The maximum absolute atomic E-state index is 12.9. The Labute approximate surface area is 239 Å². The van der Waals surface area contributed by atoms with Gasteiger partial charge in [-0.3, -0.25) is 4.79 Å². The number of halogens is 2. The van der Waals surface area contributed by atoms with E-state index >= 15 is 0 Å². The van der Waals surface area contributed by atoms with Crippen LogP contribution in [0, 0.1) is 0 Å². The van der Waals surface area contributed by atoms with Crippen LogP contribution in [0.15, 0.2) is 66.7 Å². The minimum Gasteiger partial charge on any atom is -0.389 e. The summed E-state index contributed by atoms with van der Waals surface area (Å²) >= 11 is 12.6. The van der Waals surface area contributed by atoms with Crippen LogP contribution in [-0.4, -0.2) is 55.2 Å². The van der Waals surface area contributed by atoms with Gasteiger partial charge in [0.2, 0.25) is 5.91 Å². The van der Waals surface area contributed by atoms with E-state index in [0.717, 1.165) is 24.2 Å². The molecule has 1 unspecified atom stereocenters. The second-order valence-electron chi connectivity index (χ2n) is 9.75. The number of nitrogens with one attached hydrogen (secondary N) is 1. The van der Waals surface area contributed by atoms with Crippen molar-refractivity contribution in [1.29, 1.82) is 0 Å². The summed E-state index contributed by atoms with van der Waals surface area (Å²) in [5.74, 6) is 0.0963. The number of aliphatic hydroxyl groups excluding tert-OH is 1. The third kappa shape index (κ3) is 7.44. The van der Waals surface area contributed by atoms with Crippen molar-refractivity contribution in [2.24, 2.45) is 0 Å². The second-order valence-corrected chi connectivity index (χ2v) is 10.6. The molecule has 9 heteroatoms. The number of piperazine rings is 1. The van der Waals surface area contributed by atoms with Gasteiger partial charge in [-0.1, -0.05) is 53.5 Å². The summed E-state index contributed by atoms with van der Waals surface area (Å²) in [5, 5.41) is 13.1. The maximum atomic E-state index is 12.9. The highest BCUT2D eigenvalue weighted by Crippen LogP contribution is 2.34. The molecule has 3 aromatic rings. The molecule has 0 radical (unpaired) electrons. The van der Waals surface area contributed by atoms with Crippen molar-refractivity contribution in [2.45, 2.75) is 32.3 Å². The number of benzene rings is 3. The van der Waals surface area contributed by atoms with E-state index in [9.17, 15) is 14.7 Å². The second kappa shape index (κ2) is 13.2. The molecule has 39 heavy (non-hydrogen) atoms. The molecule has 3 amide bonds. The lowest BCUT2D eigenvalue weighted by Gasteiger charge is -2.36. The van der Waals surface area contributed by atoms with Gasteiger partial charge in [0.1, 0.15) is 0 Å². The van der Waals surface area contributed by atoms with E-state index in [1.54, 1.807) is 28.9 Å². The molecule has 0 aliphatic carbocycles.